The molecule has 1 atom stereocenters. The molecular formula is C9H17O4P. The van der Waals surface area contributed by atoms with E-state index in [0.29, 0.717) is 6.42 Å². The van der Waals surface area contributed by atoms with Gasteiger partial charge in [-0.05, 0) is 13.3 Å². The van der Waals surface area contributed by atoms with E-state index in [4.69, 9.17) is 4.74 Å². The van der Waals surface area contributed by atoms with Gasteiger partial charge in [-0.15, -0.1) is 0 Å². The molecule has 0 aromatic rings. The lowest BCUT2D eigenvalue weighted by atomic mass is 9.86. The molecule has 0 fully saturated rings. The fourth-order valence-corrected chi connectivity index (χ4v) is 1.96. The van der Waals surface area contributed by atoms with Gasteiger partial charge in [0.25, 0.3) is 0 Å². The number of esters is 1. The van der Waals surface area contributed by atoms with Crippen molar-refractivity contribution in [2.45, 2.75) is 26.7 Å². The molecule has 0 aromatic carbocycles. The van der Waals surface area contributed by atoms with Crippen molar-refractivity contribution in [2.75, 3.05) is 19.4 Å². The first-order chi connectivity index (χ1) is 6.66. The minimum atomic E-state index is -0.978. The molecule has 4 nitrogen and oxygen atoms in total. The lowest BCUT2D eigenvalue weighted by Crippen LogP contribution is -2.38. The highest BCUT2D eigenvalue weighted by molar-refractivity contribution is 7.23. The molecule has 14 heavy (non-hydrogen) atoms. The van der Waals surface area contributed by atoms with Gasteiger partial charge < -0.3 is 9.84 Å². The molecule has 0 aliphatic heterocycles. The van der Waals surface area contributed by atoms with Crippen LogP contribution in [0.25, 0.3) is 0 Å². The molecular weight excluding hydrogens is 203 g/mol. The van der Waals surface area contributed by atoms with Gasteiger partial charge >= 0.3 is 5.97 Å². The summed E-state index contributed by atoms with van der Waals surface area (Å²) in [5.41, 5.74) is -0.978. The highest BCUT2D eigenvalue weighted by atomic mass is 31.1. The van der Waals surface area contributed by atoms with E-state index in [1.165, 1.54) is 0 Å². The third-order valence-electron chi connectivity index (χ3n) is 2.11. The summed E-state index contributed by atoms with van der Waals surface area (Å²) in [6.07, 6.45) is 1.36. The molecule has 0 rings (SSSR count). The Bertz CT molecular complexity index is 195. The second-order valence-corrected chi connectivity index (χ2v) is 3.77. The first-order valence-electron chi connectivity index (χ1n) is 4.74. The number of hydrogen-bond acceptors (Lipinski definition) is 4. The Morgan fingerprint density at radius 3 is 2.50 bits per heavy atom. The highest BCUT2D eigenvalue weighted by Crippen LogP contribution is 2.29. The van der Waals surface area contributed by atoms with Crippen LogP contribution in [-0.2, 0) is 14.1 Å². The quantitative estimate of drug-likeness (QED) is 0.523. The summed E-state index contributed by atoms with van der Waals surface area (Å²) in [6, 6.07) is 0. The van der Waals surface area contributed by atoms with Gasteiger partial charge in [0.1, 0.15) is 5.41 Å². The van der Waals surface area contributed by atoms with E-state index in [0.717, 1.165) is 6.42 Å². The number of carbonyl (C=O) groups is 1. The van der Waals surface area contributed by atoms with E-state index in [2.05, 4.69) is 0 Å². The van der Waals surface area contributed by atoms with Gasteiger partial charge in [0, 0.05) is 6.16 Å². The van der Waals surface area contributed by atoms with Crippen molar-refractivity contribution in [2.24, 2.45) is 5.41 Å². The van der Waals surface area contributed by atoms with E-state index in [-0.39, 0.29) is 27.8 Å². The van der Waals surface area contributed by atoms with Crippen LogP contribution in [0.2, 0.25) is 0 Å². The maximum atomic E-state index is 11.6. The Morgan fingerprint density at radius 2 is 2.14 bits per heavy atom. The average molecular weight is 220 g/mol. The van der Waals surface area contributed by atoms with Crippen molar-refractivity contribution in [1.29, 1.82) is 0 Å². The molecule has 0 heterocycles. The standard InChI is InChI=1S/C9H17O4P/c1-3-5-9(6-10,7-14-12)8(11)13-4-2/h10H,3-7H2,1-2H3. The topological polar surface area (TPSA) is 63.6 Å². The Morgan fingerprint density at radius 1 is 1.50 bits per heavy atom. The van der Waals surface area contributed by atoms with Crippen molar-refractivity contribution < 1.29 is 19.2 Å². The summed E-state index contributed by atoms with van der Waals surface area (Å²) >= 11 is 0. The third-order valence-corrected chi connectivity index (χ3v) is 2.84. The van der Waals surface area contributed by atoms with Gasteiger partial charge in [-0.3, -0.25) is 9.36 Å². The molecule has 0 radical (unpaired) electrons. The third kappa shape index (κ3) is 3.35. The van der Waals surface area contributed by atoms with Crippen LogP contribution < -0.4 is 0 Å². The molecule has 0 aromatic heterocycles. The van der Waals surface area contributed by atoms with Gasteiger partial charge in [-0.2, -0.15) is 0 Å². The second-order valence-electron chi connectivity index (χ2n) is 3.20. The molecule has 0 bridgehead atoms. The summed E-state index contributed by atoms with van der Waals surface area (Å²) in [4.78, 5) is 11.6. The van der Waals surface area contributed by atoms with E-state index in [9.17, 15) is 14.5 Å². The molecule has 5 heteroatoms. The number of rotatable bonds is 7. The zero-order valence-corrected chi connectivity index (χ0v) is 9.55. The first kappa shape index (κ1) is 13.5. The van der Waals surface area contributed by atoms with Gasteiger partial charge in [-0.25, -0.2) is 0 Å². The average Bonchev–Trinajstić information content (AvgIpc) is 2.17. The number of hydrogen-bond donors (Lipinski definition) is 1. The number of ether oxygens (including phenoxy) is 1. The predicted octanol–water partition coefficient (Wildman–Crippen LogP) is 1.62. The molecule has 0 saturated carbocycles. The summed E-state index contributed by atoms with van der Waals surface area (Å²) < 4.78 is 15.4. The van der Waals surface area contributed by atoms with E-state index >= 15 is 0 Å². The van der Waals surface area contributed by atoms with Gasteiger partial charge in [0.15, 0.2) is 8.46 Å². The Hall–Kier alpha value is -0.470. The van der Waals surface area contributed by atoms with Crippen molar-refractivity contribution in [3.05, 3.63) is 0 Å². The SMILES string of the molecule is CCCC(CO)(CP=O)C(=O)OCC. The van der Waals surface area contributed by atoms with Crippen LogP contribution in [0.15, 0.2) is 0 Å². The molecule has 1 N–H and O–H groups in total. The number of aliphatic hydroxyl groups is 1. The summed E-state index contributed by atoms with van der Waals surface area (Å²) in [7, 11) is -0.136. The predicted molar refractivity (Wildman–Crippen MR) is 53.5 cm³/mol. The van der Waals surface area contributed by atoms with Gasteiger partial charge in [-0.1, -0.05) is 13.3 Å². The van der Waals surface area contributed by atoms with Crippen LogP contribution in [0.1, 0.15) is 26.7 Å². The van der Waals surface area contributed by atoms with Crippen LogP contribution in [0.4, 0.5) is 0 Å². The molecule has 0 amide bonds. The highest BCUT2D eigenvalue weighted by Gasteiger charge is 2.38. The van der Waals surface area contributed by atoms with Crippen LogP contribution in [-0.4, -0.2) is 30.5 Å². The summed E-state index contributed by atoms with van der Waals surface area (Å²) in [6.45, 7) is 3.58. The maximum Gasteiger partial charge on any atom is 0.315 e. The zero-order chi connectivity index (χ0) is 11.0. The smallest absolute Gasteiger partial charge is 0.315 e. The molecule has 0 spiro atoms. The lowest BCUT2D eigenvalue weighted by molar-refractivity contribution is -0.157. The van der Waals surface area contributed by atoms with Crippen LogP contribution in [0.3, 0.4) is 0 Å². The maximum absolute atomic E-state index is 11.6. The van der Waals surface area contributed by atoms with Crippen LogP contribution in [0, 0.1) is 5.41 Å². The minimum absolute atomic E-state index is 0.121. The minimum Gasteiger partial charge on any atom is -0.465 e. The molecule has 0 aliphatic rings. The Balaban J connectivity index is 4.62. The second kappa shape index (κ2) is 6.91. The van der Waals surface area contributed by atoms with Crippen LogP contribution in [0.5, 0.6) is 0 Å². The van der Waals surface area contributed by atoms with Crippen molar-refractivity contribution in [3.8, 4) is 0 Å². The molecule has 1 unspecified atom stereocenters. The number of aliphatic hydroxyl groups excluding tert-OH is 1. The Labute approximate surface area is 85.8 Å². The molecule has 0 aliphatic carbocycles. The van der Waals surface area contributed by atoms with Crippen molar-refractivity contribution >= 4 is 14.4 Å². The fraction of sp³-hybridized carbons (Fsp3) is 0.889. The van der Waals surface area contributed by atoms with Gasteiger partial charge in [0.05, 0.1) is 13.2 Å². The summed E-state index contributed by atoms with van der Waals surface area (Å²) in [5, 5.41) is 9.19. The first-order valence-corrected chi connectivity index (χ1v) is 5.73. The van der Waals surface area contributed by atoms with Crippen molar-refractivity contribution in [3.63, 3.8) is 0 Å². The van der Waals surface area contributed by atoms with Gasteiger partial charge in [0.2, 0.25) is 0 Å². The van der Waals surface area contributed by atoms with E-state index in [1.807, 2.05) is 6.92 Å². The lowest BCUT2D eigenvalue weighted by Gasteiger charge is -2.26. The Kier molecular flexibility index (Phi) is 6.67. The monoisotopic (exact) mass is 220 g/mol. The van der Waals surface area contributed by atoms with Crippen molar-refractivity contribution in [1.82, 2.24) is 0 Å². The van der Waals surface area contributed by atoms with E-state index in [1.54, 1.807) is 6.92 Å². The zero-order valence-electron chi connectivity index (χ0n) is 8.65. The summed E-state index contributed by atoms with van der Waals surface area (Å²) in [5.74, 6) is -0.451. The normalized spacial score (nSPS) is 15.1. The molecule has 82 valence electrons. The largest absolute Gasteiger partial charge is 0.465 e. The van der Waals surface area contributed by atoms with E-state index < -0.39 is 11.4 Å². The van der Waals surface area contributed by atoms with Crippen LogP contribution >= 0.6 is 8.46 Å². The fourth-order valence-electron chi connectivity index (χ4n) is 1.33. The number of carbonyl (C=O) groups excluding carboxylic acids is 1. The molecule has 0 saturated heterocycles.